The van der Waals surface area contributed by atoms with Crippen molar-refractivity contribution >= 4 is 12.0 Å². The molecule has 0 aliphatic rings. The first-order valence-electron chi connectivity index (χ1n) is 8.35. The summed E-state index contributed by atoms with van der Waals surface area (Å²) in [5.41, 5.74) is 3.50. The van der Waals surface area contributed by atoms with Gasteiger partial charge in [0.2, 0.25) is 5.91 Å². The summed E-state index contributed by atoms with van der Waals surface area (Å²) in [5, 5.41) is 2.83. The zero-order valence-electron chi connectivity index (χ0n) is 15.1. The van der Waals surface area contributed by atoms with Gasteiger partial charge in [0.05, 0.1) is 32.4 Å². The van der Waals surface area contributed by atoms with Crippen molar-refractivity contribution in [2.45, 2.75) is 6.54 Å². The lowest BCUT2D eigenvalue weighted by molar-refractivity contribution is -0.116. The Morgan fingerprint density at radius 3 is 2.67 bits per heavy atom. The highest BCUT2D eigenvalue weighted by molar-refractivity contribution is 5.91. The quantitative estimate of drug-likeness (QED) is 0.647. The monoisotopic (exact) mass is 364 g/mol. The standard InChI is InChI=1S/C21H20N2O4/c1-25-19-7-4-15(11-20(19)26-2)5-8-21(24)23-13-16-3-6-18(22-12-16)17-9-10-27-14-17/h3-12,14H,13H2,1-2H3,(H,23,24)/b8-5+. The van der Waals surface area contributed by atoms with Crippen molar-refractivity contribution in [3.05, 3.63) is 72.3 Å². The second-order valence-corrected chi connectivity index (χ2v) is 5.73. The lowest BCUT2D eigenvalue weighted by Gasteiger charge is -2.07. The van der Waals surface area contributed by atoms with Gasteiger partial charge in [-0.1, -0.05) is 12.1 Å². The number of ether oxygens (including phenoxy) is 2. The topological polar surface area (TPSA) is 73.6 Å². The van der Waals surface area contributed by atoms with Crippen molar-refractivity contribution in [3.63, 3.8) is 0 Å². The molecular weight excluding hydrogens is 344 g/mol. The molecule has 0 bridgehead atoms. The third-order valence-electron chi connectivity index (χ3n) is 3.94. The Kier molecular flexibility index (Phi) is 5.89. The van der Waals surface area contributed by atoms with Crippen LogP contribution >= 0.6 is 0 Å². The molecule has 1 aromatic carbocycles. The first-order valence-corrected chi connectivity index (χ1v) is 8.35. The maximum absolute atomic E-state index is 12.0. The smallest absolute Gasteiger partial charge is 0.244 e. The Hall–Kier alpha value is -3.54. The normalized spacial score (nSPS) is 10.7. The van der Waals surface area contributed by atoms with Gasteiger partial charge in [-0.15, -0.1) is 0 Å². The van der Waals surface area contributed by atoms with Crippen molar-refractivity contribution in [3.8, 4) is 22.8 Å². The summed E-state index contributed by atoms with van der Waals surface area (Å²) in [4.78, 5) is 16.4. The number of rotatable bonds is 7. The average Bonchev–Trinajstić information content (AvgIpc) is 3.25. The molecule has 0 radical (unpaired) electrons. The average molecular weight is 364 g/mol. The van der Waals surface area contributed by atoms with Crippen LogP contribution in [0.5, 0.6) is 11.5 Å². The maximum atomic E-state index is 12.0. The SMILES string of the molecule is COc1ccc(/C=C/C(=O)NCc2ccc(-c3ccoc3)nc2)cc1OC. The van der Waals surface area contributed by atoms with Crippen molar-refractivity contribution in [2.24, 2.45) is 0 Å². The Morgan fingerprint density at radius 1 is 1.15 bits per heavy atom. The van der Waals surface area contributed by atoms with E-state index in [1.807, 2.05) is 24.3 Å². The molecule has 0 aliphatic heterocycles. The molecule has 3 rings (SSSR count). The van der Waals surface area contributed by atoms with Gasteiger partial charge in [-0.25, -0.2) is 0 Å². The minimum atomic E-state index is -0.191. The van der Waals surface area contributed by atoms with Crippen LogP contribution in [0.3, 0.4) is 0 Å². The van der Waals surface area contributed by atoms with Gasteiger partial charge in [0.15, 0.2) is 11.5 Å². The van der Waals surface area contributed by atoms with Crippen molar-refractivity contribution < 1.29 is 18.7 Å². The molecule has 0 spiro atoms. The van der Waals surface area contributed by atoms with E-state index >= 15 is 0 Å². The highest BCUT2D eigenvalue weighted by Crippen LogP contribution is 2.27. The second kappa shape index (κ2) is 8.71. The summed E-state index contributed by atoms with van der Waals surface area (Å²) in [5.74, 6) is 1.07. The number of aromatic nitrogens is 1. The summed E-state index contributed by atoms with van der Waals surface area (Å²) in [6.07, 6.45) is 8.19. The first kappa shape index (κ1) is 18.3. The van der Waals surface area contributed by atoms with Gasteiger partial charge in [-0.05, 0) is 41.5 Å². The first-order chi connectivity index (χ1) is 13.2. The molecule has 27 heavy (non-hydrogen) atoms. The number of hydrogen-bond acceptors (Lipinski definition) is 5. The summed E-state index contributed by atoms with van der Waals surface area (Å²) in [6, 6.07) is 11.1. The molecule has 6 heteroatoms. The van der Waals surface area contributed by atoms with Crippen LogP contribution in [0, 0.1) is 0 Å². The van der Waals surface area contributed by atoms with Crippen LogP contribution in [-0.2, 0) is 11.3 Å². The fourth-order valence-electron chi connectivity index (χ4n) is 2.49. The molecule has 3 aromatic rings. The molecule has 0 aliphatic carbocycles. The van der Waals surface area contributed by atoms with Gasteiger partial charge >= 0.3 is 0 Å². The number of carbonyl (C=O) groups excluding carboxylic acids is 1. The van der Waals surface area contributed by atoms with Crippen molar-refractivity contribution in [1.29, 1.82) is 0 Å². The Balaban J connectivity index is 1.55. The molecular formula is C21H20N2O4. The van der Waals surface area contributed by atoms with E-state index in [9.17, 15) is 4.79 Å². The van der Waals surface area contributed by atoms with Gasteiger partial charge in [0.1, 0.15) is 0 Å². The predicted octanol–water partition coefficient (Wildman–Crippen LogP) is 3.69. The molecule has 138 valence electrons. The minimum absolute atomic E-state index is 0.191. The Morgan fingerprint density at radius 2 is 2.00 bits per heavy atom. The molecule has 1 amide bonds. The zero-order valence-corrected chi connectivity index (χ0v) is 15.1. The molecule has 0 unspecified atom stereocenters. The summed E-state index contributed by atoms with van der Waals surface area (Å²) < 4.78 is 15.5. The largest absolute Gasteiger partial charge is 0.493 e. The lowest BCUT2D eigenvalue weighted by atomic mass is 10.2. The molecule has 0 fully saturated rings. The molecule has 0 saturated carbocycles. The minimum Gasteiger partial charge on any atom is -0.493 e. The van der Waals surface area contributed by atoms with Crippen LogP contribution in [0.25, 0.3) is 17.3 Å². The number of benzene rings is 1. The number of amides is 1. The molecule has 2 heterocycles. The van der Waals surface area contributed by atoms with E-state index in [0.29, 0.717) is 18.0 Å². The highest BCUT2D eigenvalue weighted by atomic mass is 16.5. The van der Waals surface area contributed by atoms with Gasteiger partial charge in [0, 0.05) is 24.4 Å². The molecule has 6 nitrogen and oxygen atoms in total. The Bertz CT molecular complexity index is 916. The van der Waals surface area contributed by atoms with E-state index in [0.717, 1.165) is 22.4 Å². The predicted molar refractivity (Wildman–Crippen MR) is 102 cm³/mol. The van der Waals surface area contributed by atoms with Crippen LogP contribution in [0.2, 0.25) is 0 Å². The van der Waals surface area contributed by atoms with Gasteiger partial charge in [-0.2, -0.15) is 0 Å². The summed E-state index contributed by atoms with van der Waals surface area (Å²) in [7, 11) is 3.15. The van der Waals surface area contributed by atoms with Gasteiger partial charge in [0.25, 0.3) is 0 Å². The molecule has 0 atom stereocenters. The van der Waals surface area contributed by atoms with E-state index in [1.54, 1.807) is 51.2 Å². The van der Waals surface area contributed by atoms with Gasteiger partial charge < -0.3 is 19.2 Å². The van der Waals surface area contributed by atoms with E-state index in [1.165, 1.54) is 6.08 Å². The second-order valence-electron chi connectivity index (χ2n) is 5.73. The van der Waals surface area contributed by atoms with Crippen LogP contribution in [-0.4, -0.2) is 25.1 Å². The molecule has 0 saturated heterocycles. The summed E-state index contributed by atoms with van der Waals surface area (Å²) in [6.45, 7) is 0.397. The number of methoxy groups -OCH3 is 2. The van der Waals surface area contributed by atoms with Crippen molar-refractivity contribution in [1.82, 2.24) is 10.3 Å². The van der Waals surface area contributed by atoms with Crippen LogP contribution in [0.1, 0.15) is 11.1 Å². The zero-order chi connectivity index (χ0) is 19.1. The fraction of sp³-hybridized carbons (Fsp3) is 0.143. The van der Waals surface area contributed by atoms with E-state index in [-0.39, 0.29) is 5.91 Å². The highest BCUT2D eigenvalue weighted by Gasteiger charge is 2.04. The van der Waals surface area contributed by atoms with Gasteiger partial charge in [-0.3, -0.25) is 9.78 Å². The molecule has 1 N–H and O–H groups in total. The third kappa shape index (κ3) is 4.76. The van der Waals surface area contributed by atoms with Crippen LogP contribution in [0.15, 0.2) is 65.6 Å². The molecule has 2 aromatic heterocycles. The Labute approximate surface area is 157 Å². The number of nitrogens with zero attached hydrogens (tertiary/aromatic N) is 1. The number of hydrogen-bond donors (Lipinski definition) is 1. The van der Waals surface area contributed by atoms with E-state index in [4.69, 9.17) is 13.9 Å². The number of carbonyl (C=O) groups is 1. The third-order valence-corrected chi connectivity index (χ3v) is 3.94. The van der Waals surface area contributed by atoms with E-state index in [2.05, 4.69) is 10.3 Å². The maximum Gasteiger partial charge on any atom is 0.244 e. The fourth-order valence-corrected chi connectivity index (χ4v) is 2.49. The van der Waals surface area contributed by atoms with E-state index < -0.39 is 0 Å². The lowest BCUT2D eigenvalue weighted by Crippen LogP contribution is -2.20. The number of pyridine rings is 1. The van der Waals surface area contributed by atoms with Crippen LogP contribution in [0.4, 0.5) is 0 Å². The van der Waals surface area contributed by atoms with Crippen molar-refractivity contribution in [2.75, 3.05) is 14.2 Å². The number of furan rings is 1. The van der Waals surface area contributed by atoms with Crippen LogP contribution < -0.4 is 14.8 Å². The summed E-state index contributed by atoms with van der Waals surface area (Å²) >= 11 is 0. The number of nitrogens with one attached hydrogen (secondary N) is 1.